The van der Waals surface area contributed by atoms with E-state index in [-0.39, 0.29) is 6.42 Å². The fraction of sp³-hybridized carbons (Fsp3) is 0.182. The molecule has 2 aromatic heterocycles. The van der Waals surface area contributed by atoms with Crippen molar-refractivity contribution in [2.45, 2.75) is 13.3 Å². The van der Waals surface area contributed by atoms with E-state index < -0.39 is 0 Å². The molecule has 0 aromatic carbocycles. The van der Waals surface area contributed by atoms with Crippen LogP contribution in [-0.4, -0.2) is 21.1 Å². The van der Waals surface area contributed by atoms with Gasteiger partial charge in [-0.2, -0.15) is 5.10 Å². The van der Waals surface area contributed by atoms with Gasteiger partial charge in [-0.1, -0.05) is 29.3 Å². The van der Waals surface area contributed by atoms with Gasteiger partial charge in [-0.25, -0.2) is 9.67 Å². The van der Waals surface area contributed by atoms with Gasteiger partial charge >= 0.3 is 0 Å². The second-order valence-electron chi connectivity index (χ2n) is 3.51. The second kappa shape index (κ2) is 4.85. The Balaban J connectivity index is 2.60. The number of aryl methyl sites for hydroxylation is 1. The average molecular weight is 270 g/mol. The van der Waals surface area contributed by atoms with E-state index in [1.54, 1.807) is 22.9 Å². The number of halogens is 2. The quantitative estimate of drug-likeness (QED) is 0.636. The minimum Gasteiger partial charge on any atom is -0.303 e. The van der Waals surface area contributed by atoms with Crippen LogP contribution in [0.4, 0.5) is 0 Å². The molecule has 2 heterocycles. The van der Waals surface area contributed by atoms with E-state index >= 15 is 0 Å². The molecule has 0 amide bonds. The first-order chi connectivity index (χ1) is 8.11. The lowest BCUT2D eigenvalue weighted by Gasteiger charge is -2.08. The number of pyridine rings is 1. The SMILES string of the molecule is Cc1cc(Cl)nn1-c1nc(Cl)ccc1CC=O. The molecule has 2 aromatic rings. The maximum Gasteiger partial charge on any atom is 0.159 e. The Morgan fingerprint density at radius 1 is 1.35 bits per heavy atom. The first-order valence-corrected chi connectivity index (χ1v) is 5.69. The summed E-state index contributed by atoms with van der Waals surface area (Å²) < 4.78 is 1.58. The van der Waals surface area contributed by atoms with Crippen LogP contribution in [0.2, 0.25) is 10.3 Å². The van der Waals surface area contributed by atoms with Gasteiger partial charge in [-0.05, 0) is 19.1 Å². The normalized spacial score (nSPS) is 10.5. The highest BCUT2D eigenvalue weighted by Crippen LogP contribution is 2.19. The predicted octanol–water partition coefficient (Wildman–Crippen LogP) is 2.62. The molecular weight excluding hydrogens is 261 g/mol. The molecule has 4 nitrogen and oxygen atoms in total. The molecule has 0 aliphatic carbocycles. The molecule has 0 atom stereocenters. The Hall–Kier alpha value is -1.39. The molecule has 0 unspecified atom stereocenters. The van der Waals surface area contributed by atoms with Gasteiger partial charge < -0.3 is 4.79 Å². The van der Waals surface area contributed by atoms with Crippen LogP contribution >= 0.6 is 23.2 Å². The lowest BCUT2D eigenvalue weighted by Crippen LogP contribution is -2.06. The topological polar surface area (TPSA) is 47.8 Å². The predicted molar refractivity (Wildman–Crippen MR) is 65.9 cm³/mol. The number of carbonyl (C=O) groups is 1. The van der Waals surface area contributed by atoms with E-state index in [2.05, 4.69) is 10.1 Å². The summed E-state index contributed by atoms with van der Waals surface area (Å²) in [6.07, 6.45) is 1.07. The minimum absolute atomic E-state index is 0.260. The molecule has 88 valence electrons. The monoisotopic (exact) mass is 269 g/mol. The highest BCUT2D eigenvalue weighted by atomic mass is 35.5. The van der Waals surface area contributed by atoms with Gasteiger partial charge in [-0.3, -0.25) is 0 Å². The molecule has 0 fully saturated rings. The zero-order chi connectivity index (χ0) is 12.4. The number of nitrogens with zero attached hydrogens (tertiary/aromatic N) is 3. The Labute approximate surface area is 108 Å². The summed E-state index contributed by atoms with van der Waals surface area (Å²) >= 11 is 11.7. The summed E-state index contributed by atoms with van der Waals surface area (Å²) in [6, 6.07) is 5.12. The van der Waals surface area contributed by atoms with Gasteiger partial charge in [0.15, 0.2) is 11.0 Å². The summed E-state index contributed by atoms with van der Waals surface area (Å²) in [5.74, 6) is 0.536. The van der Waals surface area contributed by atoms with Crippen molar-refractivity contribution in [1.82, 2.24) is 14.8 Å². The van der Waals surface area contributed by atoms with Crippen molar-refractivity contribution in [2.75, 3.05) is 0 Å². The fourth-order valence-corrected chi connectivity index (χ4v) is 1.91. The Morgan fingerprint density at radius 2 is 2.12 bits per heavy atom. The number of aromatic nitrogens is 3. The van der Waals surface area contributed by atoms with E-state index in [4.69, 9.17) is 23.2 Å². The molecule has 0 radical (unpaired) electrons. The minimum atomic E-state index is 0.260. The lowest BCUT2D eigenvalue weighted by atomic mass is 10.2. The molecule has 0 bridgehead atoms. The first kappa shape index (κ1) is 12.1. The van der Waals surface area contributed by atoms with Crippen molar-refractivity contribution in [3.8, 4) is 5.82 Å². The summed E-state index contributed by atoms with van der Waals surface area (Å²) in [5, 5.41) is 4.83. The molecule has 2 rings (SSSR count). The van der Waals surface area contributed by atoms with Crippen molar-refractivity contribution in [3.63, 3.8) is 0 Å². The number of carbonyl (C=O) groups excluding carboxylic acids is 1. The molecule has 0 saturated heterocycles. The Bertz CT molecular complexity index is 566. The number of aldehydes is 1. The van der Waals surface area contributed by atoms with Crippen LogP contribution in [-0.2, 0) is 11.2 Å². The largest absolute Gasteiger partial charge is 0.303 e. The van der Waals surface area contributed by atoms with Gasteiger partial charge in [0.2, 0.25) is 0 Å². The zero-order valence-electron chi connectivity index (χ0n) is 9.02. The van der Waals surface area contributed by atoms with Gasteiger partial charge in [0, 0.05) is 17.7 Å². The van der Waals surface area contributed by atoms with Crippen molar-refractivity contribution in [2.24, 2.45) is 0 Å². The third kappa shape index (κ3) is 2.48. The molecule has 0 N–H and O–H groups in total. The number of rotatable bonds is 3. The van der Waals surface area contributed by atoms with Crippen LogP contribution in [0, 0.1) is 6.92 Å². The van der Waals surface area contributed by atoms with E-state index in [0.29, 0.717) is 16.1 Å². The molecule has 0 aliphatic heterocycles. The van der Waals surface area contributed by atoms with E-state index in [1.807, 2.05) is 6.92 Å². The molecular formula is C11H9Cl2N3O. The fourth-order valence-electron chi connectivity index (χ4n) is 1.54. The smallest absolute Gasteiger partial charge is 0.159 e. The standard InChI is InChI=1S/C11H9Cl2N3O/c1-7-6-10(13)15-16(7)11-8(4-5-17)2-3-9(12)14-11/h2-3,5-6H,4H2,1H3. The van der Waals surface area contributed by atoms with Crippen LogP contribution in [0.15, 0.2) is 18.2 Å². The number of hydrogen-bond donors (Lipinski definition) is 0. The Morgan fingerprint density at radius 3 is 2.71 bits per heavy atom. The van der Waals surface area contributed by atoms with Crippen LogP contribution in [0.5, 0.6) is 0 Å². The van der Waals surface area contributed by atoms with Crippen molar-refractivity contribution >= 4 is 29.5 Å². The summed E-state index contributed by atoms with van der Waals surface area (Å²) in [7, 11) is 0. The van der Waals surface area contributed by atoms with Gasteiger partial charge in [0.1, 0.15) is 11.4 Å². The third-order valence-electron chi connectivity index (χ3n) is 2.28. The van der Waals surface area contributed by atoms with Crippen LogP contribution < -0.4 is 0 Å². The van der Waals surface area contributed by atoms with Crippen LogP contribution in [0.1, 0.15) is 11.3 Å². The maximum absolute atomic E-state index is 10.6. The zero-order valence-corrected chi connectivity index (χ0v) is 10.5. The van der Waals surface area contributed by atoms with Crippen LogP contribution in [0.25, 0.3) is 5.82 Å². The molecule has 6 heteroatoms. The first-order valence-electron chi connectivity index (χ1n) is 4.93. The highest BCUT2D eigenvalue weighted by molar-refractivity contribution is 6.29. The number of hydrogen-bond acceptors (Lipinski definition) is 3. The lowest BCUT2D eigenvalue weighted by molar-refractivity contribution is -0.107. The summed E-state index contributed by atoms with van der Waals surface area (Å²) in [6.45, 7) is 1.85. The molecule has 0 aliphatic rings. The highest BCUT2D eigenvalue weighted by Gasteiger charge is 2.11. The van der Waals surface area contributed by atoms with Gasteiger partial charge in [0.25, 0.3) is 0 Å². The van der Waals surface area contributed by atoms with E-state index in [1.165, 1.54) is 0 Å². The van der Waals surface area contributed by atoms with E-state index in [0.717, 1.165) is 17.5 Å². The second-order valence-corrected chi connectivity index (χ2v) is 4.28. The van der Waals surface area contributed by atoms with Crippen molar-refractivity contribution in [3.05, 3.63) is 39.8 Å². The van der Waals surface area contributed by atoms with Gasteiger partial charge in [0.05, 0.1) is 0 Å². The molecule has 0 spiro atoms. The maximum atomic E-state index is 10.6. The van der Waals surface area contributed by atoms with Gasteiger partial charge in [-0.15, -0.1) is 0 Å². The molecule has 0 saturated carbocycles. The van der Waals surface area contributed by atoms with E-state index in [9.17, 15) is 4.79 Å². The molecule has 17 heavy (non-hydrogen) atoms. The van der Waals surface area contributed by atoms with Crippen molar-refractivity contribution < 1.29 is 4.79 Å². The third-order valence-corrected chi connectivity index (χ3v) is 2.68. The Kier molecular flexibility index (Phi) is 3.45. The van der Waals surface area contributed by atoms with Crippen LogP contribution in [0.3, 0.4) is 0 Å². The average Bonchev–Trinajstić information content (AvgIpc) is 2.61. The summed E-state index contributed by atoms with van der Waals surface area (Å²) in [4.78, 5) is 14.8. The van der Waals surface area contributed by atoms with Crippen molar-refractivity contribution in [1.29, 1.82) is 0 Å². The summed E-state index contributed by atoms with van der Waals surface area (Å²) in [5.41, 5.74) is 1.59.